The number of rotatable bonds is 3. The monoisotopic (exact) mass is 288 g/mol. The van der Waals surface area contributed by atoms with E-state index in [1.165, 1.54) is 25.7 Å². The largest absolute Gasteiger partial charge is 0.289 e. The van der Waals surface area contributed by atoms with Crippen LogP contribution >= 0.6 is 31.8 Å². The van der Waals surface area contributed by atoms with Crippen molar-refractivity contribution in [1.82, 2.24) is 0 Å². The highest BCUT2D eigenvalue weighted by molar-refractivity contribution is 7.59. The average molecular weight is 289 g/mol. The average Bonchev–Trinajstić information content (AvgIpc) is 2.77. The van der Waals surface area contributed by atoms with Crippen molar-refractivity contribution in [3.63, 3.8) is 0 Å². The smallest absolute Gasteiger partial charge is 0.183 e. The fourth-order valence-electron chi connectivity index (χ4n) is 2.26. The van der Waals surface area contributed by atoms with E-state index >= 15 is 0 Å². The molecule has 0 saturated heterocycles. The molecule has 17 heavy (non-hydrogen) atoms. The summed E-state index contributed by atoms with van der Waals surface area (Å²) < 4.78 is 0. The van der Waals surface area contributed by atoms with E-state index in [4.69, 9.17) is 23.2 Å². The summed E-state index contributed by atoms with van der Waals surface area (Å²) >= 11 is 12.1. The first kappa shape index (κ1) is 13.3. The summed E-state index contributed by atoms with van der Waals surface area (Å²) in [6.07, 6.45) is 4.88. The van der Waals surface area contributed by atoms with Crippen molar-refractivity contribution >= 4 is 37.3 Å². The number of hydrogen-bond acceptors (Lipinski definition) is 1. The number of carbonyl (C=O) groups excluding carboxylic acids is 1. The molecule has 0 radical (unpaired) electrons. The van der Waals surface area contributed by atoms with Gasteiger partial charge in [-0.05, 0) is 51.7 Å². The van der Waals surface area contributed by atoms with Gasteiger partial charge >= 0.3 is 0 Å². The summed E-state index contributed by atoms with van der Waals surface area (Å²) in [6.45, 7) is 1.86. The molecule has 92 valence electrons. The van der Waals surface area contributed by atoms with Gasteiger partial charge in [-0.15, -0.1) is 0 Å². The quantitative estimate of drug-likeness (QED) is 0.710. The Kier molecular flexibility index (Phi) is 4.47. The molecule has 0 amide bonds. The first-order valence-corrected chi connectivity index (χ1v) is 7.68. The van der Waals surface area contributed by atoms with Crippen LogP contribution in [0.4, 0.5) is 0 Å². The molecule has 0 heterocycles. The Bertz CT molecular complexity index is 439. The van der Waals surface area contributed by atoms with E-state index in [2.05, 4.69) is 0 Å². The summed E-state index contributed by atoms with van der Waals surface area (Å²) in [6, 6.07) is 3.46. The Labute approximate surface area is 114 Å². The molecule has 0 aliphatic heterocycles. The summed E-state index contributed by atoms with van der Waals surface area (Å²) in [4.78, 5) is 12.3. The van der Waals surface area contributed by atoms with Gasteiger partial charge in [-0.2, -0.15) is 0 Å². The maximum atomic E-state index is 12.3. The van der Waals surface area contributed by atoms with E-state index in [1.807, 2.05) is 6.92 Å². The van der Waals surface area contributed by atoms with Crippen molar-refractivity contribution in [3.05, 3.63) is 33.3 Å². The zero-order valence-electron chi connectivity index (χ0n) is 9.72. The van der Waals surface area contributed by atoms with Gasteiger partial charge in [0.15, 0.2) is 5.52 Å². The van der Waals surface area contributed by atoms with Gasteiger partial charge in [-0.25, -0.2) is 0 Å². The van der Waals surface area contributed by atoms with Crippen LogP contribution in [0.15, 0.2) is 12.1 Å². The van der Waals surface area contributed by atoms with Gasteiger partial charge < -0.3 is 0 Å². The molecule has 1 unspecified atom stereocenters. The number of benzene rings is 1. The van der Waals surface area contributed by atoms with Crippen LogP contribution in [0, 0.1) is 6.92 Å². The Hall–Kier alpha value is -0.100. The minimum absolute atomic E-state index is 0.168. The van der Waals surface area contributed by atoms with Crippen molar-refractivity contribution in [2.75, 3.05) is 0 Å². The van der Waals surface area contributed by atoms with Crippen LogP contribution in [0.1, 0.15) is 41.6 Å². The molecule has 1 aromatic rings. The van der Waals surface area contributed by atoms with E-state index < -0.39 is 0 Å². The number of halogens is 2. The second kappa shape index (κ2) is 5.69. The Morgan fingerprint density at radius 3 is 2.47 bits per heavy atom. The molecule has 1 aromatic carbocycles. The Balaban J connectivity index is 2.21. The normalized spacial score (nSPS) is 17.1. The molecule has 1 fully saturated rings. The maximum absolute atomic E-state index is 12.3. The van der Waals surface area contributed by atoms with Crippen LogP contribution in [0.25, 0.3) is 0 Å². The number of carbonyl (C=O) groups is 1. The van der Waals surface area contributed by atoms with Crippen molar-refractivity contribution in [2.45, 2.75) is 38.3 Å². The lowest BCUT2D eigenvalue weighted by Crippen LogP contribution is -2.03. The highest BCUT2D eigenvalue weighted by Gasteiger charge is 2.22. The molecule has 0 aromatic heterocycles. The van der Waals surface area contributed by atoms with Gasteiger partial charge in [0, 0.05) is 10.6 Å². The lowest BCUT2D eigenvalue weighted by molar-refractivity contribution is 0.108. The first-order valence-electron chi connectivity index (χ1n) is 5.85. The molecule has 0 spiro atoms. The second-order valence-corrected chi connectivity index (χ2v) is 6.86. The Morgan fingerprint density at radius 1 is 1.24 bits per heavy atom. The molecule has 1 aliphatic rings. The van der Waals surface area contributed by atoms with Gasteiger partial charge in [-0.3, -0.25) is 4.79 Å². The lowest BCUT2D eigenvalue weighted by Gasteiger charge is -2.12. The third kappa shape index (κ3) is 3.02. The zero-order chi connectivity index (χ0) is 12.4. The maximum Gasteiger partial charge on any atom is 0.183 e. The van der Waals surface area contributed by atoms with Crippen LogP contribution in [-0.2, 0) is 0 Å². The topological polar surface area (TPSA) is 17.1 Å². The van der Waals surface area contributed by atoms with E-state index in [0.29, 0.717) is 29.8 Å². The van der Waals surface area contributed by atoms with E-state index in [0.717, 1.165) is 5.56 Å². The van der Waals surface area contributed by atoms with Gasteiger partial charge in [0.1, 0.15) is 0 Å². The predicted octanol–water partition coefficient (Wildman–Crippen LogP) is 5.06. The standard InChI is InChI=1S/C13H15Cl2OP/c1-8-10(14)6-7-11(15)12(8)13(16)17-9-4-2-3-5-9/h6-7,9,17H,2-5H2,1H3. The van der Waals surface area contributed by atoms with Gasteiger partial charge in [0.2, 0.25) is 0 Å². The molecule has 1 atom stereocenters. The van der Waals surface area contributed by atoms with Crippen molar-refractivity contribution in [3.8, 4) is 0 Å². The second-order valence-electron chi connectivity index (χ2n) is 4.48. The number of hydrogen-bond donors (Lipinski definition) is 0. The summed E-state index contributed by atoms with van der Waals surface area (Å²) in [5.41, 5.74) is 2.18. The van der Waals surface area contributed by atoms with Crippen LogP contribution in [0.2, 0.25) is 10.0 Å². The summed E-state index contributed by atoms with van der Waals surface area (Å²) in [5, 5.41) is 1.15. The van der Waals surface area contributed by atoms with Gasteiger partial charge in [-0.1, -0.05) is 36.0 Å². The highest BCUT2D eigenvalue weighted by Crippen LogP contribution is 2.39. The molecule has 0 N–H and O–H groups in total. The van der Waals surface area contributed by atoms with Gasteiger partial charge in [0.05, 0.1) is 5.02 Å². The molecule has 1 saturated carbocycles. The molecule has 4 heteroatoms. The lowest BCUT2D eigenvalue weighted by atomic mass is 10.1. The minimum Gasteiger partial charge on any atom is -0.289 e. The van der Waals surface area contributed by atoms with E-state index in [9.17, 15) is 4.79 Å². The SMILES string of the molecule is Cc1c(Cl)ccc(Cl)c1C(=O)PC1CCCC1. The minimum atomic E-state index is 0.168. The zero-order valence-corrected chi connectivity index (χ0v) is 12.2. The fourth-order valence-corrected chi connectivity index (χ4v) is 4.32. The molecule has 2 rings (SSSR count). The Morgan fingerprint density at radius 2 is 1.82 bits per heavy atom. The van der Waals surface area contributed by atoms with Crippen LogP contribution < -0.4 is 0 Å². The molecule has 0 bridgehead atoms. The van der Waals surface area contributed by atoms with Crippen molar-refractivity contribution in [1.29, 1.82) is 0 Å². The molecular weight excluding hydrogens is 274 g/mol. The molecule has 1 nitrogen and oxygen atoms in total. The third-order valence-electron chi connectivity index (χ3n) is 3.27. The molecule has 1 aliphatic carbocycles. The third-order valence-corrected chi connectivity index (χ3v) is 5.49. The van der Waals surface area contributed by atoms with Crippen LogP contribution in [0.5, 0.6) is 0 Å². The highest BCUT2D eigenvalue weighted by atomic mass is 35.5. The van der Waals surface area contributed by atoms with E-state index in [1.54, 1.807) is 12.1 Å². The van der Waals surface area contributed by atoms with Crippen LogP contribution in [0.3, 0.4) is 0 Å². The van der Waals surface area contributed by atoms with E-state index in [-0.39, 0.29) is 5.52 Å². The van der Waals surface area contributed by atoms with Crippen molar-refractivity contribution < 1.29 is 4.79 Å². The molecular formula is C13H15Cl2OP. The summed E-state index contributed by atoms with van der Waals surface area (Å²) in [5.74, 6) is 0. The van der Waals surface area contributed by atoms with Crippen molar-refractivity contribution in [2.24, 2.45) is 0 Å². The van der Waals surface area contributed by atoms with Crippen LogP contribution in [-0.4, -0.2) is 11.2 Å². The first-order chi connectivity index (χ1) is 8.09. The predicted molar refractivity (Wildman–Crippen MR) is 76.1 cm³/mol. The summed E-state index contributed by atoms with van der Waals surface area (Å²) in [7, 11) is 0.344. The van der Waals surface area contributed by atoms with Gasteiger partial charge in [0.25, 0.3) is 0 Å². The fraction of sp³-hybridized carbons (Fsp3) is 0.462.